The maximum atomic E-state index is 12.6. The number of carbonyl (C=O) groups is 1. The number of carbonyl (C=O) groups excluding carboxylic acids is 1. The predicted octanol–water partition coefficient (Wildman–Crippen LogP) is 2.56. The second-order valence-electron chi connectivity index (χ2n) is 6.35. The third kappa shape index (κ3) is 4.94. The average molecular weight is 362 g/mol. The normalized spacial score (nSPS) is 14.6. The van der Waals surface area contributed by atoms with E-state index >= 15 is 0 Å². The van der Waals surface area contributed by atoms with Crippen molar-refractivity contribution in [2.24, 2.45) is 5.92 Å². The highest BCUT2D eigenvalue weighted by molar-refractivity contribution is 5.92. The van der Waals surface area contributed by atoms with Crippen LogP contribution in [0.15, 0.2) is 47.4 Å². The molecule has 0 bridgehead atoms. The van der Waals surface area contributed by atoms with Crippen LogP contribution in [-0.4, -0.2) is 23.6 Å². The molecule has 1 aliphatic heterocycles. The Morgan fingerprint density at radius 3 is 2.56 bits per heavy atom. The average Bonchev–Trinajstić information content (AvgIpc) is 2.61. The number of halogens is 1. The molecule has 25 heavy (non-hydrogen) atoms. The zero-order chi connectivity index (χ0) is 16.9. The largest absolute Gasteiger partial charge is 0.321 e. The highest BCUT2D eigenvalue weighted by Crippen LogP contribution is 2.14. The molecule has 1 amide bonds. The standard InChI is InChI=1S/C19H23N3O2.ClH/c1-14-4-6-15(7-5-14)13-22-12-2-3-17(19(22)24)21-18(23)16-8-10-20-11-9-16;/h2-7,12,16,20H,8-11,13H2,1H3,(H,21,23);1H. The Balaban J connectivity index is 0.00000225. The Labute approximate surface area is 153 Å². The van der Waals surface area contributed by atoms with Crippen molar-refractivity contribution in [1.82, 2.24) is 9.88 Å². The highest BCUT2D eigenvalue weighted by atomic mass is 35.5. The Bertz CT molecular complexity index is 765. The van der Waals surface area contributed by atoms with Crippen molar-refractivity contribution in [3.63, 3.8) is 0 Å². The van der Waals surface area contributed by atoms with Crippen LogP contribution >= 0.6 is 12.4 Å². The first-order chi connectivity index (χ1) is 11.6. The van der Waals surface area contributed by atoms with Crippen LogP contribution in [0.4, 0.5) is 5.69 Å². The van der Waals surface area contributed by atoms with E-state index in [1.54, 1.807) is 22.9 Å². The Kier molecular flexibility index (Phi) is 6.79. The number of hydrogen-bond acceptors (Lipinski definition) is 3. The monoisotopic (exact) mass is 361 g/mol. The van der Waals surface area contributed by atoms with Gasteiger partial charge in [-0.2, -0.15) is 0 Å². The Hall–Kier alpha value is -2.11. The third-order valence-corrected chi connectivity index (χ3v) is 4.46. The Morgan fingerprint density at radius 1 is 1.20 bits per heavy atom. The van der Waals surface area contributed by atoms with Crippen LogP contribution in [0, 0.1) is 12.8 Å². The summed E-state index contributed by atoms with van der Waals surface area (Å²) in [6.45, 7) is 4.23. The summed E-state index contributed by atoms with van der Waals surface area (Å²) in [5.41, 5.74) is 2.44. The van der Waals surface area contributed by atoms with Crippen LogP contribution in [-0.2, 0) is 11.3 Å². The quantitative estimate of drug-likeness (QED) is 0.879. The second-order valence-corrected chi connectivity index (χ2v) is 6.35. The van der Waals surface area contributed by atoms with Crippen molar-refractivity contribution < 1.29 is 4.79 Å². The van der Waals surface area contributed by atoms with Gasteiger partial charge >= 0.3 is 0 Å². The molecule has 1 fully saturated rings. The molecule has 0 spiro atoms. The minimum absolute atomic E-state index is 0. The second kappa shape index (κ2) is 8.83. The molecule has 0 atom stereocenters. The zero-order valence-electron chi connectivity index (χ0n) is 14.3. The first kappa shape index (κ1) is 19.2. The van der Waals surface area contributed by atoms with Crippen LogP contribution in [0.25, 0.3) is 0 Å². The summed E-state index contributed by atoms with van der Waals surface area (Å²) in [7, 11) is 0. The number of hydrogen-bond donors (Lipinski definition) is 2. The predicted molar refractivity (Wildman–Crippen MR) is 102 cm³/mol. The zero-order valence-corrected chi connectivity index (χ0v) is 15.1. The Morgan fingerprint density at radius 2 is 1.88 bits per heavy atom. The van der Waals surface area contributed by atoms with E-state index < -0.39 is 0 Å². The number of nitrogens with one attached hydrogen (secondary N) is 2. The maximum absolute atomic E-state index is 12.6. The van der Waals surface area contributed by atoms with Gasteiger partial charge in [-0.3, -0.25) is 9.59 Å². The van der Waals surface area contributed by atoms with E-state index in [2.05, 4.69) is 10.6 Å². The molecule has 3 rings (SSSR count). The highest BCUT2D eigenvalue weighted by Gasteiger charge is 2.21. The van der Waals surface area contributed by atoms with Gasteiger partial charge < -0.3 is 15.2 Å². The molecule has 2 heterocycles. The van der Waals surface area contributed by atoms with Crippen LogP contribution in [0.2, 0.25) is 0 Å². The molecule has 1 saturated heterocycles. The topological polar surface area (TPSA) is 63.1 Å². The van der Waals surface area contributed by atoms with Crippen LogP contribution in [0.1, 0.15) is 24.0 Å². The van der Waals surface area contributed by atoms with Gasteiger partial charge in [-0.1, -0.05) is 29.8 Å². The van der Waals surface area contributed by atoms with E-state index in [0.29, 0.717) is 12.2 Å². The number of aryl methyl sites for hydroxylation is 1. The van der Waals surface area contributed by atoms with Gasteiger partial charge in [0.05, 0.1) is 6.54 Å². The van der Waals surface area contributed by atoms with E-state index in [1.807, 2.05) is 31.2 Å². The summed E-state index contributed by atoms with van der Waals surface area (Å²) < 4.78 is 1.63. The van der Waals surface area contributed by atoms with E-state index in [0.717, 1.165) is 31.5 Å². The van der Waals surface area contributed by atoms with E-state index in [9.17, 15) is 9.59 Å². The fourth-order valence-corrected chi connectivity index (χ4v) is 2.97. The van der Waals surface area contributed by atoms with Crippen molar-refractivity contribution >= 4 is 24.0 Å². The maximum Gasteiger partial charge on any atom is 0.274 e. The molecule has 0 saturated carbocycles. The number of amides is 1. The first-order valence-corrected chi connectivity index (χ1v) is 8.40. The number of piperidine rings is 1. The van der Waals surface area contributed by atoms with Crippen molar-refractivity contribution in [3.05, 3.63) is 64.1 Å². The van der Waals surface area contributed by atoms with Crippen molar-refractivity contribution in [3.8, 4) is 0 Å². The molecular formula is C19H24ClN3O2. The lowest BCUT2D eigenvalue weighted by Crippen LogP contribution is -2.36. The van der Waals surface area contributed by atoms with E-state index in [-0.39, 0.29) is 29.8 Å². The molecule has 0 radical (unpaired) electrons. The smallest absolute Gasteiger partial charge is 0.274 e. The van der Waals surface area contributed by atoms with Crippen LogP contribution < -0.4 is 16.2 Å². The number of benzene rings is 1. The van der Waals surface area contributed by atoms with Crippen molar-refractivity contribution in [2.75, 3.05) is 18.4 Å². The van der Waals surface area contributed by atoms with Crippen molar-refractivity contribution in [2.45, 2.75) is 26.3 Å². The molecular weight excluding hydrogens is 338 g/mol. The van der Waals surface area contributed by atoms with E-state index in [4.69, 9.17) is 0 Å². The molecule has 1 aromatic carbocycles. The number of rotatable bonds is 4. The molecule has 2 N–H and O–H groups in total. The summed E-state index contributed by atoms with van der Waals surface area (Å²) in [5.74, 6) is -0.0712. The summed E-state index contributed by atoms with van der Waals surface area (Å²) in [6.07, 6.45) is 3.38. The minimum Gasteiger partial charge on any atom is -0.321 e. The van der Waals surface area contributed by atoms with Crippen LogP contribution in [0.5, 0.6) is 0 Å². The lowest BCUT2D eigenvalue weighted by atomic mass is 9.97. The van der Waals surface area contributed by atoms with Gasteiger partial charge in [-0.05, 0) is 50.6 Å². The number of pyridine rings is 1. The fraction of sp³-hybridized carbons (Fsp3) is 0.368. The van der Waals surface area contributed by atoms with Crippen molar-refractivity contribution in [1.29, 1.82) is 0 Å². The SMILES string of the molecule is Cc1ccc(Cn2cccc(NC(=O)C3CCNCC3)c2=O)cc1.Cl. The molecule has 1 aromatic heterocycles. The van der Waals surface area contributed by atoms with Gasteiger partial charge in [-0.25, -0.2) is 0 Å². The number of nitrogens with zero attached hydrogens (tertiary/aromatic N) is 1. The van der Waals surface area contributed by atoms with Gasteiger partial charge in [0.15, 0.2) is 0 Å². The molecule has 2 aromatic rings. The van der Waals surface area contributed by atoms with Gasteiger partial charge in [0.2, 0.25) is 5.91 Å². The fourth-order valence-electron chi connectivity index (χ4n) is 2.97. The van der Waals surface area contributed by atoms with Gasteiger partial charge in [0, 0.05) is 12.1 Å². The summed E-state index contributed by atoms with van der Waals surface area (Å²) in [6, 6.07) is 11.6. The lowest BCUT2D eigenvalue weighted by Gasteiger charge is -2.21. The number of anilines is 1. The minimum atomic E-state index is -0.166. The van der Waals surface area contributed by atoms with Gasteiger partial charge in [0.1, 0.15) is 5.69 Å². The molecule has 0 unspecified atom stereocenters. The third-order valence-electron chi connectivity index (χ3n) is 4.46. The van der Waals surface area contributed by atoms with Gasteiger partial charge in [0.25, 0.3) is 5.56 Å². The first-order valence-electron chi connectivity index (χ1n) is 8.40. The van der Waals surface area contributed by atoms with Gasteiger partial charge in [-0.15, -0.1) is 12.4 Å². The van der Waals surface area contributed by atoms with E-state index in [1.165, 1.54) is 5.56 Å². The molecule has 134 valence electrons. The number of aromatic nitrogens is 1. The molecule has 1 aliphatic rings. The molecule has 6 heteroatoms. The molecule has 5 nitrogen and oxygen atoms in total. The summed E-state index contributed by atoms with van der Waals surface area (Å²) in [4.78, 5) is 24.9. The summed E-state index contributed by atoms with van der Waals surface area (Å²) >= 11 is 0. The van der Waals surface area contributed by atoms with Crippen LogP contribution in [0.3, 0.4) is 0 Å². The molecule has 0 aliphatic carbocycles. The summed E-state index contributed by atoms with van der Waals surface area (Å²) in [5, 5.41) is 6.05. The lowest BCUT2D eigenvalue weighted by molar-refractivity contribution is -0.120.